The molecule has 13 nitrogen and oxygen atoms in total. The Kier molecular flexibility index (Phi) is 12.8. The van der Waals surface area contributed by atoms with Crippen LogP contribution in [0.1, 0.15) is 53.5 Å². The molecule has 0 aliphatic rings. The van der Waals surface area contributed by atoms with Gasteiger partial charge < -0.3 is 41.6 Å². The first-order valence-electron chi connectivity index (χ1n) is 12.5. The SMILES string of the molecule is CC(C)C(NC(=O)CNC(=O)CC(C)(C)OCC(C)(C)N)C(=O)NCC(=O)Nc1ccc(COC(=O)O)cc1. The summed E-state index contributed by atoms with van der Waals surface area (Å²) in [6.45, 7) is 10.1. The van der Waals surface area contributed by atoms with E-state index in [9.17, 15) is 24.0 Å². The van der Waals surface area contributed by atoms with Crippen molar-refractivity contribution in [1.29, 1.82) is 0 Å². The zero-order valence-electron chi connectivity index (χ0n) is 23.4. The van der Waals surface area contributed by atoms with Crippen molar-refractivity contribution < 1.29 is 38.6 Å². The van der Waals surface area contributed by atoms with Crippen LogP contribution in [0, 0.1) is 5.92 Å². The molecule has 7 N–H and O–H groups in total. The molecule has 39 heavy (non-hydrogen) atoms. The molecule has 0 aliphatic carbocycles. The highest BCUT2D eigenvalue weighted by molar-refractivity contribution is 5.96. The van der Waals surface area contributed by atoms with Crippen molar-refractivity contribution >= 4 is 35.5 Å². The summed E-state index contributed by atoms with van der Waals surface area (Å²) in [4.78, 5) is 60.0. The third-order valence-electron chi connectivity index (χ3n) is 5.16. The Bertz CT molecular complexity index is 1000. The minimum Gasteiger partial charge on any atom is -0.450 e. The van der Waals surface area contributed by atoms with Crippen molar-refractivity contribution in [3.8, 4) is 0 Å². The minimum atomic E-state index is -1.39. The van der Waals surface area contributed by atoms with Gasteiger partial charge in [-0.3, -0.25) is 19.2 Å². The summed E-state index contributed by atoms with van der Waals surface area (Å²) in [6.07, 6.45) is -1.38. The van der Waals surface area contributed by atoms with Gasteiger partial charge >= 0.3 is 6.16 Å². The van der Waals surface area contributed by atoms with E-state index in [1.165, 1.54) is 0 Å². The highest BCUT2D eigenvalue weighted by atomic mass is 16.7. The van der Waals surface area contributed by atoms with Crippen LogP contribution in [0.5, 0.6) is 0 Å². The van der Waals surface area contributed by atoms with Gasteiger partial charge in [0, 0.05) is 11.2 Å². The van der Waals surface area contributed by atoms with Gasteiger partial charge in [-0.15, -0.1) is 0 Å². The van der Waals surface area contributed by atoms with E-state index in [0.717, 1.165) is 0 Å². The second-order valence-corrected chi connectivity index (χ2v) is 10.8. The zero-order chi connectivity index (χ0) is 29.8. The fraction of sp³-hybridized carbons (Fsp3) is 0.577. The molecule has 218 valence electrons. The van der Waals surface area contributed by atoms with E-state index in [2.05, 4.69) is 26.0 Å². The summed E-state index contributed by atoms with van der Waals surface area (Å²) >= 11 is 0. The van der Waals surface area contributed by atoms with E-state index in [1.807, 2.05) is 13.8 Å². The third-order valence-corrected chi connectivity index (χ3v) is 5.16. The molecule has 0 saturated heterocycles. The molecule has 0 aliphatic heterocycles. The Morgan fingerprint density at radius 2 is 1.51 bits per heavy atom. The number of ether oxygens (including phenoxy) is 2. The van der Waals surface area contributed by atoms with Crippen molar-refractivity contribution in [1.82, 2.24) is 16.0 Å². The van der Waals surface area contributed by atoms with Gasteiger partial charge in [0.15, 0.2) is 0 Å². The van der Waals surface area contributed by atoms with Gasteiger partial charge in [0.1, 0.15) is 12.6 Å². The van der Waals surface area contributed by atoms with Crippen molar-refractivity contribution in [2.75, 3.05) is 25.0 Å². The standard InChI is InChI=1S/C26H41N5O8/c1-16(2)22(31-21(34)12-28-19(32)11-26(5,6)39-15-25(3,4)27)23(35)29-13-20(33)30-18-9-7-17(8-10-18)14-38-24(36)37/h7-10,16,22H,11-15,27H2,1-6H3,(H,28,32)(H,29,35)(H,30,33)(H,31,34)(H,36,37). The molecule has 1 unspecified atom stereocenters. The van der Waals surface area contributed by atoms with E-state index < -0.39 is 47.0 Å². The van der Waals surface area contributed by atoms with Gasteiger partial charge in [-0.1, -0.05) is 26.0 Å². The van der Waals surface area contributed by atoms with Crippen molar-refractivity contribution in [2.45, 2.75) is 71.8 Å². The van der Waals surface area contributed by atoms with Crippen LogP contribution < -0.4 is 27.0 Å². The van der Waals surface area contributed by atoms with Crippen LogP contribution in [0.2, 0.25) is 0 Å². The van der Waals surface area contributed by atoms with Gasteiger partial charge in [0.25, 0.3) is 0 Å². The number of carbonyl (C=O) groups excluding carboxylic acids is 4. The fourth-order valence-electron chi connectivity index (χ4n) is 3.13. The highest BCUT2D eigenvalue weighted by Crippen LogP contribution is 2.16. The molecule has 0 bridgehead atoms. The average molecular weight is 552 g/mol. The van der Waals surface area contributed by atoms with Gasteiger partial charge in [-0.25, -0.2) is 4.79 Å². The third kappa shape index (κ3) is 14.7. The van der Waals surface area contributed by atoms with Crippen LogP contribution in [0.3, 0.4) is 0 Å². The average Bonchev–Trinajstić information content (AvgIpc) is 2.82. The lowest BCUT2D eigenvalue weighted by Gasteiger charge is -2.29. The van der Waals surface area contributed by atoms with Crippen LogP contribution in [0.15, 0.2) is 24.3 Å². The van der Waals surface area contributed by atoms with Gasteiger partial charge in [0.05, 0.1) is 31.7 Å². The van der Waals surface area contributed by atoms with E-state index in [0.29, 0.717) is 11.3 Å². The van der Waals surface area contributed by atoms with E-state index in [-0.39, 0.29) is 38.6 Å². The molecular formula is C26H41N5O8. The Morgan fingerprint density at radius 3 is 2.05 bits per heavy atom. The number of nitrogens with one attached hydrogen (secondary N) is 4. The van der Waals surface area contributed by atoms with E-state index >= 15 is 0 Å². The van der Waals surface area contributed by atoms with Crippen molar-refractivity contribution in [3.05, 3.63) is 29.8 Å². The van der Waals surface area contributed by atoms with Crippen LogP contribution in [0.25, 0.3) is 0 Å². The molecule has 0 heterocycles. The fourth-order valence-corrected chi connectivity index (χ4v) is 3.13. The molecule has 0 saturated carbocycles. The Labute approximate surface area is 228 Å². The molecule has 13 heteroatoms. The number of rotatable bonds is 15. The number of carbonyl (C=O) groups is 5. The van der Waals surface area contributed by atoms with Gasteiger partial charge in [-0.05, 0) is 51.3 Å². The number of hydrogen-bond donors (Lipinski definition) is 6. The summed E-state index contributed by atoms with van der Waals surface area (Å²) < 4.78 is 10.2. The van der Waals surface area contributed by atoms with Crippen molar-refractivity contribution in [3.63, 3.8) is 0 Å². The highest BCUT2D eigenvalue weighted by Gasteiger charge is 2.27. The predicted molar refractivity (Wildman–Crippen MR) is 144 cm³/mol. The van der Waals surface area contributed by atoms with Crippen molar-refractivity contribution in [2.24, 2.45) is 11.7 Å². The second-order valence-electron chi connectivity index (χ2n) is 10.8. The lowest BCUT2D eigenvalue weighted by molar-refractivity contribution is -0.133. The number of hydrogen-bond acceptors (Lipinski definition) is 8. The maximum atomic E-state index is 12.6. The first-order valence-corrected chi connectivity index (χ1v) is 12.5. The summed E-state index contributed by atoms with van der Waals surface area (Å²) in [5, 5.41) is 18.7. The predicted octanol–water partition coefficient (Wildman–Crippen LogP) is 1.12. The molecule has 0 fully saturated rings. The van der Waals surface area contributed by atoms with Gasteiger partial charge in [-0.2, -0.15) is 0 Å². The first-order chi connectivity index (χ1) is 18.0. The van der Waals surface area contributed by atoms with Gasteiger partial charge in [0.2, 0.25) is 23.6 Å². The topological polar surface area (TPSA) is 198 Å². The monoisotopic (exact) mass is 551 g/mol. The van der Waals surface area contributed by atoms with Crippen LogP contribution in [-0.4, -0.2) is 71.8 Å². The number of anilines is 1. The van der Waals surface area contributed by atoms with Crippen LogP contribution in [-0.2, 0) is 35.3 Å². The molecule has 4 amide bonds. The maximum absolute atomic E-state index is 12.6. The molecule has 1 atom stereocenters. The molecule has 1 rings (SSSR count). The summed E-state index contributed by atoms with van der Waals surface area (Å²) in [5.74, 6) is -2.30. The molecule has 1 aromatic carbocycles. The van der Waals surface area contributed by atoms with Crippen LogP contribution in [0.4, 0.5) is 10.5 Å². The lowest BCUT2D eigenvalue weighted by atomic mass is 10.0. The first kappa shape index (κ1) is 33.3. The second kappa shape index (κ2) is 15.0. The van der Waals surface area contributed by atoms with E-state index in [4.69, 9.17) is 15.6 Å². The number of carboxylic acid groups (broad SMARTS) is 1. The Morgan fingerprint density at radius 1 is 0.923 bits per heavy atom. The Hall–Kier alpha value is -3.71. The molecular weight excluding hydrogens is 510 g/mol. The summed E-state index contributed by atoms with van der Waals surface area (Å²) in [5.41, 5.74) is 5.62. The lowest BCUT2D eigenvalue weighted by Crippen LogP contribution is -2.53. The number of amides is 4. The number of benzene rings is 1. The Balaban J connectivity index is 2.50. The molecule has 0 radical (unpaired) electrons. The van der Waals surface area contributed by atoms with Crippen LogP contribution >= 0.6 is 0 Å². The summed E-state index contributed by atoms with van der Waals surface area (Å²) in [6, 6.07) is 5.39. The number of nitrogens with two attached hydrogens (primary N) is 1. The maximum Gasteiger partial charge on any atom is 0.506 e. The zero-order valence-corrected chi connectivity index (χ0v) is 23.4. The largest absolute Gasteiger partial charge is 0.506 e. The quantitative estimate of drug-likeness (QED) is 0.173. The molecule has 1 aromatic rings. The minimum absolute atomic E-state index is 0.0123. The molecule has 0 aromatic heterocycles. The van der Waals surface area contributed by atoms with E-state index in [1.54, 1.807) is 52.0 Å². The summed E-state index contributed by atoms with van der Waals surface area (Å²) in [7, 11) is 0. The molecule has 0 spiro atoms. The smallest absolute Gasteiger partial charge is 0.450 e. The normalized spacial score (nSPS) is 12.3.